The van der Waals surface area contributed by atoms with E-state index in [0.29, 0.717) is 5.69 Å². The molecule has 2 aromatic heterocycles. The van der Waals surface area contributed by atoms with Crippen molar-refractivity contribution in [3.8, 4) is 0 Å². The van der Waals surface area contributed by atoms with Crippen LogP contribution < -0.4 is 5.73 Å². The Kier molecular flexibility index (Phi) is 1.94. The van der Waals surface area contributed by atoms with Crippen molar-refractivity contribution in [3.05, 3.63) is 36.5 Å². The average Bonchev–Trinajstić information content (AvgIpc) is 2.87. The molecule has 3 rings (SSSR count). The predicted octanol–water partition coefficient (Wildman–Crippen LogP) is 2.58. The molecule has 6 nitrogen and oxygen atoms in total. The fourth-order valence-corrected chi connectivity index (χ4v) is 1.93. The third kappa shape index (κ3) is 1.38. The number of primary amides is 1. The second kappa shape index (κ2) is 3.44. The first kappa shape index (κ1) is 9.59. The van der Waals surface area contributed by atoms with Crippen LogP contribution in [0.3, 0.4) is 0 Å². The van der Waals surface area contributed by atoms with Gasteiger partial charge in [-0.2, -0.15) is 0 Å². The lowest BCUT2D eigenvalue weighted by Gasteiger charge is -1.90. The van der Waals surface area contributed by atoms with Crippen molar-refractivity contribution < 1.29 is 4.79 Å². The summed E-state index contributed by atoms with van der Waals surface area (Å²) in [7, 11) is 0. The molecule has 0 bridgehead atoms. The number of carbonyl (C=O) groups excluding carboxylic acids is 1. The molecule has 1 aromatic carbocycles. The molecule has 0 saturated heterocycles. The second-order valence-corrected chi connectivity index (χ2v) is 3.59. The quantitative estimate of drug-likeness (QED) is 0.615. The molecule has 0 radical (unpaired) electrons. The highest BCUT2D eigenvalue weighted by Gasteiger charge is 2.11. The van der Waals surface area contributed by atoms with Crippen LogP contribution in [0.15, 0.2) is 46.8 Å². The molecule has 6 heteroatoms. The Labute approximate surface area is 95.7 Å². The predicted molar refractivity (Wildman–Crippen MR) is 63.4 cm³/mol. The van der Waals surface area contributed by atoms with E-state index in [1.54, 1.807) is 6.20 Å². The van der Waals surface area contributed by atoms with Gasteiger partial charge in [-0.1, -0.05) is 23.3 Å². The molecule has 0 atom stereocenters. The molecule has 3 aromatic rings. The molecule has 0 aliphatic heterocycles. The number of para-hydroxylation sites is 1. The summed E-state index contributed by atoms with van der Waals surface area (Å²) in [5.41, 5.74) is 7.43. The van der Waals surface area contributed by atoms with Crippen molar-refractivity contribution >= 4 is 28.1 Å². The number of hydrogen-bond donors (Lipinski definition) is 2. The molecular formula is C11H9N5O. The Bertz CT molecular complexity index is 737. The van der Waals surface area contributed by atoms with Crippen LogP contribution in [0.1, 0.15) is 0 Å². The van der Waals surface area contributed by atoms with E-state index in [1.807, 2.05) is 34.8 Å². The maximum absolute atomic E-state index is 10.7. The van der Waals surface area contributed by atoms with Crippen molar-refractivity contribution in [3.63, 3.8) is 0 Å². The summed E-state index contributed by atoms with van der Waals surface area (Å²) in [5, 5.41) is 11.3. The zero-order valence-electron chi connectivity index (χ0n) is 8.79. The summed E-state index contributed by atoms with van der Waals surface area (Å²) >= 11 is 0. The normalized spacial score (nSPS) is 11.8. The van der Waals surface area contributed by atoms with Crippen LogP contribution in [0.2, 0.25) is 0 Å². The van der Waals surface area contributed by atoms with Crippen molar-refractivity contribution in [2.45, 2.75) is 0 Å². The first-order valence-electron chi connectivity index (χ1n) is 5.05. The molecular weight excluding hydrogens is 218 g/mol. The number of urea groups is 1. The van der Waals surface area contributed by atoms with Gasteiger partial charge in [-0.3, -0.25) is 4.52 Å². The molecule has 2 amide bonds. The number of H-pyrrole nitrogens is 1. The van der Waals surface area contributed by atoms with Crippen molar-refractivity contribution in [1.29, 1.82) is 0 Å². The van der Waals surface area contributed by atoms with E-state index in [1.165, 1.54) is 0 Å². The monoisotopic (exact) mass is 227 g/mol. The van der Waals surface area contributed by atoms with Crippen LogP contribution in [0.25, 0.3) is 16.4 Å². The van der Waals surface area contributed by atoms with Crippen LogP contribution in [0, 0.1) is 0 Å². The Morgan fingerprint density at radius 3 is 2.88 bits per heavy atom. The molecule has 0 fully saturated rings. The first-order valence-corrected chi connectivity index (χ1v) is 5.05. The summed E-state index contributed by atoms with van der Waals surface area (Å²) in [6.07, 6.45) is 1.80. The number of aromatic amines is 1. The summed E-state index contributed by atoms with van der Waals surface area (Å²) < 4.78 is 1.88. The lowest BCUT2D eigenvalue weighted by Crippen LogP contribution is -2.01. The molecule has 0 spiro atoms. The largest absolute Gasteiger partial charge is 0.356 e. The zero-order valence-corrected chi connectivity index (χ0v) is 8.79. The number of aromatic nitrogens is 2. The van der Waals surface area contributed by atoms with E-state index < -0.39 is 6.03 Å². The highest BCUT2D eigenvalue weighted by Crippen LogP contribution is 2.33. The van der Waals surface area contributed by atoms with Gasteiger partial charge in [0, 0.05) is 11.6 Å². The van der Waals surface area contributed by atoms with Crippen LogP contribution in [-0.4, -0.2) is 15.6 Å². The SMILES string of the molecule is NC(=O)N=Nc1c2ccccc2n2[nH]ccc12. The van der Waals surface area contributed by atoms with Gasteiger partial charge in [-0.05, 0) is 12.1 Å². The number of nitrogens with one attached hydrogen (secondary N) is 1. The lowest BCUT2D eigenvalue weighted by atomic mass is 10.2. The zero-order chi connectivity index (χ0) is 11.8. The third-order valence-electron chi connectivity index (χ3n) is 2.58. The molecule has 0 unspecified atom stereocenters. The van der Waals surface area contributed by atoms with E-state index in [4.69, 9.17) is 5.73 Å². The number of carbonyl (C=O) groups is 1. The summed E-state index contributed by atoms with van der Waals surface area (Å²) in [6, 6.07) is 8.79. The standard InChI is InChI=1S/C11H9N5O/c12-11(17)15-14-10-7-3-1-2-4-8(7)16-9(10)5-6-13-16/h1-6,13H,(H2,12,17). The van der Waals surface area contributed by atoms with Gasteiger partial charge in [0.2, 0.25) is 0 Å². The molecule has 0 saturated carbocycles. The van der Waals surface area contributed by atoms with Gasteiger partial charge >= 0.3 is 6.03 Å². The Morgan fingerprint density at radius 1 is 1.24 bits per heavy atom. The van der Waals surface area contributed by atoms with Crippen molar-refractivity contribution in [2.24, 2.45) is 16.0 Å². The maximum Gasteiger partial charge on any atom is 0.356 e. The Balaban J connectivity index is 2.38. The van der Waals surface area contributed by atoms with Gasteiger partial charge in [0.05, 0.1) is 11.0 Å². The van der Waals surface area contributed by atoms with E-state index in [-0.39, 0.29) is 0 Å². The summed E-state index contributed by atoms with van der Waals surface area (Å²) in [5.74, 6) is 0. The number of hydrogen-bond acceptors (Lipinski definition) is 2. The van der Waals surface area contributed by atoms with Gasteiger partial charge in [0.15, 0.2) is 0 Å². The van der Waals surface area contributed by atoms with Crippen LogP contribution >= 0.6 is 0 Å². The average molecular weight is 227 g/mol. The van der Waals surface area contributed by atoms with Gasteiger partial charge in [0.25, 0.3) is 0 Å². The minimum Gasteiger partial charge on any atom is -0.348 e. The Hall–Kier alpha value is -2.63. The first-order chi connectivity index (χ1) is 8.27. The molecule has 84 valence electrons. The number of rotatable bonds is 1. The highest BCUT2D eigenvalue weighted by atomic mass is 16.2. The number of fused-ring (bicyclic) bond motifs is 3. The number of amides is 2. The van der Waals surface area contributed by atoms with Crippen molar-refractivity contribution in [2.75, 3.05) is 0 Å². The van der Waals surface area contributed by atoms with E-state index in [2.05, 4.69) is 15.3 Å². The smallest absolute Gasteiger partial charge is 0.348 e. The fraction of sp³-hybridized carbons (Fsp3) is 0. The van der Waals surface area contributed by atoms with Gasteiger partial charge < -0.3 is 10.8 Å². The lowest BCUT2D eigenvalue weighted by molar-refractivity contribution is 0.255. The second-order valence-electron chi connectivity index (χ2n) is 3.59. The number of azo groups is 1. The third-order valence-corrected chi connectivity index (χ3v) is 2.58. The molecule has 0 aliphatic carbocycles. The summed E-state index contributed by atoms with van der Waals surface area (Å²) in [6.45, 7) is 0. The molecule has 2 heterocycles. The van der Waals surface area contributed by atoms with Gasteiger partial charge in [-0.25, -0.2) is 4.79 Å². The van der Waals surface area contributed by atoms with Crippen LogP contribution in [0.5, 0.6) is 0 Å². The number of benzene rings is 1. The maximum atomic E-state index is 10.7. The molecule has 3 N–H and O–H groups in total. The Morgan fingerprint density at radius 2 is 2.06 bits per heavy atom. The highest BCUT2D eigenvalue weighted by molar-refractivity contribution is 6.01. The molecule has 17 heavy (non-hydrogen) atoms. The van der Waals surface area contributed by atoms with E-state index in [9.17, 15) is 4.79 Å². The van der Waals surface area contributed by atoms with Crippen molar-refractivity contribution in [1.82, 2.24) is 9.61 Å². The number of nitrogens with zero attached hydrogens (tertiary/aromatic N) is 3. The minimum absolute atomic E-state index is 0.639. The number of nitrogens with two attached hydrogens (primary N) is 1. The topological polar surface area (TPSA) is 88.0 Å². The minimum atomic E-state index is -0.802. The van der Waals surface area contributed by atoms with E-state index in [0.717, 1.165) is 16.4 Å². The van der Waals surface area contributed by atoms with E-state index >= 15 is 0 Å². The molecule has 0 aliphatic rings. The van der Waals surface area contributed by atoms with Crippen LogP contribution in [0.4, 0.5) is 10.5 Å². The summed E-state index contributed by atoms with van der Waals surface area (Å²) in [4.78, 5) is 10.7. The van der Waals surface area contributed by atoms with Gasteiger partial charge in [-0.15, -0.1) is 5.11 Å². The van der Waals surface area contributed by atoms with Crippen LogP contribution in [-0.2, 0) is 0 Å². The van der Waals surface area contributed by atoms with Gasteiger partial charge in [0.1, 0.15) is 5.69 Å². The fourth-order valence-electron chi connectivity index (χ4n) is 1.93.